The summed E-state index contributed by atoms with van der Waals surface area (Å²) >= 11 is 0. The van der Waals surface area contributed by atoms with Crippen LogP contribution in [0.1, 0.15) is 99.2 Å². The molecule has 396 valence electrons. The summed E-state index contributed by atoms with van der Waals surface area (Å²) in [6.45, 7) is 0.194. The van der Waals surface area contributed by atoms with E-state index in [0.29, 0.717) is 0 Å². The maximum absolute atomic E-state index is 14.8. The standard InChI is InChI=1S/C61H63N7O9/c1-35(69)29-62-55(70)34-77-54-24-40(60(75)67-30-46(56(71)63-50-25-42(50)36-14-6-2-7-15-36)47(31-67)57(72)64-51-26-43(51)37-16-8-3-9-17-37)22-23-41(54)61(76)68-32-48(58(73)65-52-27-44(52)38-18-10-4-11-19-38)49(33-68)59(74)66-53-28-45(53)39-20-12-5-13-21-39/h2-24,42-53H,25-34H2,1H3,(H,62,70)(H,63,71)(H,64,72)(H,65,73)(H,66,74)/t42-,43-,44-,45-,46-,47-,48-,49-,50+,51+,52+,53+/m1/s1. The van der Waals surface area contributed by atoms with E-state index in [1.807, 2.05) is 121 Å². The molecule has 5 aromatic carbocycles. The van der Waals surface area contributed by atoms with E-state index in [9.17, 15) is 38.4 Å². The SMILES string of the molecule is CC(=O)CNC(=O)COc1cc(C(=O)N2C[C@@H](C(=O)N[C@H]3C[C@@H]3c3ccccc3)[C@H](C(=O)N[C@H]3C[C@@H]3c3ccccc3)C2)ccc1C(=O)N1C[C@@H](C(=O)N[C@H]2C[C@@H]2c2ccccc2)[C@H](C(=O)N[C@H]2C[C@@H]2c2ccccc2)C1. The highest BCUT2D eigenvalue weighted by atomic mass is 16.5. The van der Waals surface area contributed by atoms with Crippen molar-refractivity contribution in [3.05, 3.63) is 173 Å². The molecule has 2 aliphatic heterocycles. The largest absolute Gasteiger partial charge is 0.483 e. The number of carbonyl (C=O) groups is 8. The van der Waals surface area contributed by atoms with Crippen molar-refractivity contribution in [3.8, 4) is 5.75 Å². The first kappa shape index (κ1) is 51.0. The van der Waals surface area contributed by atoms with Crippen LogP contribution in [0.5, 0.6) is 5.75 Å². The van der Waals surface area contributed by atoms with Gasteiger partial charge in [-0.05, 0) is 73.1 Å². The molecule has 6 fully saturated rings. The number of hydrogen-bond acceptors (Lipinski definition) is 9. The molecule has 0 aromatic heterocycles. The van der Waals surface area contributed by atoms with Gasteiger partial charge < -0.3 is 41.1 Å². The molecule has 7 amide bonds. The molecule has 0 spiro atoms. The van der Waals surface area contributed by atoms with Gasteiger partial charge in [0.1, 0.15) is 11.5 Å². The van der Waals surface area contributed by atoms with Crippen LogP contribution in [-0.4, -0.2) is 120 Å². The number of likely N-dealkylation sites (tertiary alicyclic amines) is 2. The number of nitrogens with one attached hydrogen (secondary N) is 5. The summed E-state index contributed by atoms with van der Waals surface area (Å²) in [7, 11) is 0. The molecule has 77 heavy (non-hydrogen) atoms. The number of benzene rings is 5. The number of ether oxygens (including phenoxy) is 1. The first-order valence-corrected chi connectivity index (χ1v) is 26.9. The van der Waals surface area contributed by atoms with Crippen molar-refractivity contribution in [3.63, 3.8) is 0 Å². The second kappa shape index (κ2) is 21.8. The number of amides is 7. The molecule has 0 bridgehead atoms. The highest BCUT2D eigenvalue weighted by Gasteiger charge is 2.51. The topological polar surface area (TPSA) is 212 Å². The zero-order valence-electron chi connectivity index (χ0n) is 42.8. The van der Waals surface area contributed by atoms with Gasteiger partial charge in [0.05, 0.1) is 35.8 Å². The van der Waals surface area contributed by atoms with Gasteiger partial charge in [0.15, 0.2) is 6.61 Å². The Bertz CT molecular complexity index is 2920. The van der Waals surface area contributed by atoms with E-state index >= 15 is 0 Å². The van der Waals surface area contributed by atoms with Crippen molar-refractivity contribution >= 4 is 47.1 Å². The lowest BCUT2D eigenvalue weighted by molar-refractivity contribution is -0.133. The van der Waals surface area contributed by atoms with Gasteiger partial charge in [0.25, 0.3) is 17.7 Å². The fourth-order valence-electron chi connectivity index (χ4n) is 11.6. The van der Waals surface area contributed by atoms with E-state index in [-0.39, 0.29) is 127 Å². The second-order valence-corrected chi connectivity index (χ2v) is 21.8. The van der Waals surface area contributed by atoms with E-state index in [1.54, 1.807) is 0 Å². The Morgan fingerprint density at radius 2 is 0.792 bits per heavy atom. The smallest absolute Gasteiger partial charge is 0.258 e. The van der Waals surface area contributed by atoms with Crippen molar-refractivity contribution in [2.75, 3.05) is 39.3 Å². The number of carbonyl (C=O) groups excluding carboxylic acids is 8. The van der Waals surface area contributed by atoms with Gasteiger partial charge in [-0.1, -0.05) is 121 Å². The summed E-state index contributed by atoms with van der Waals surface area (Å²) in [5, 5.41) is 15.1. The predicted octanol–water partition coefficient (Wildman–Crippen LogP) is 4.84. The van der Waals surface area contributed by atoms with Crippen LogP contribution >= 0.6 is 0 Å². The second-order valence-electron chi connectivity index (χ2n) is 21.8. The Morgan fingerprint density at radius 1 is 0.455 bits per heavy atom. The molecule has 2 heterocycles. The van der Waals surface area contributed by atoms with E-state index in [1.165, 1.54) is 34.9 Å². The molecule has 0 radical (unpaired) electrons. The van der Waals surface area contributed by atoms with Gasteiger partial charge in [-0.2, -0.15) is 0 Å². The minimum Gasteiger partial charge on any atom is -0.483 e. The third-order valence-corrected chi connectivity index (χ3v) is 16.3. The van der Waals surface area contributed by atoms with Crippen LogP contribution in [0.15, 0.2) is 140 Å². The van der Waals surface area contributed by atoms with Gasteiger partial charge in [-0.3, -0.25) is 38.4 Å². The number of nitrogens with zero attached hydrogens (tertiary/aromatic N) is 2. The van der Waals surface area contributed by atoms with Gasteiger partial charge in [0.2, 0.25) is 23.6 Å². The molecule has 11 rings (SSSR count). The molecule has 4 saturated carbocycles. The van der Waals surface area contributed by atoms with Crippen LogP contribution in [0.3, 0.4) is 0 Å². The zero-order chi connectivity index (χ0) is 53.3. The van der Waals surface area contributed by atoms with Crippen molar-refractivity contribution in [2.45, 2.75) is 80.4 Å². The number of ketones is 1. The third kappa shape index (κ3) is 11.7. The lowest BCUT2D eigenvalue weighted by Gasteiger charge is -2.21. The summed E-state index contributed by atoms with van der Waals surface area (Å²) in [5.41, 5.74) is 4.50. The minimum atomic E-state index is -0.883. The molecular formula is C61H63N7O9. The average molecular weight is 1040 g/mol. The van der Waals surface area contributed by atoms with Crippen LogP contribution in [0.4, 0.5) is 0 Å². The molecule has 4 aliphatic carbocycles. The lowest BCUT2D eigenvalue weighted by Crippen LogP contribution is -2.43. The highest BCUT2D eigenvalue weighted by Crippen LogP contribution is 2.45. The number of rotatable bonds is 19. The normalized spacial score (nSPS) is 27.3. The maximum Gasteiger partial charge on any atom is 0.258 e. The van der Waals surface area contributed by atoms with Crippen molar-refractivity contribution in [1.29, 1.82) is 0 Å². The zero-order valence-corrected chi connectivity index (χ0v) is 42.8. The third-order valence-electron chi connectivity index (χ3n) is 16.3. The maximum atomic E-state index is 14.8. The van der Waals surface area contributed by atoms with Crippen LogP contribution < -0.4 is 31.3 Å². The van der Waals surface area contributed by atoms with Gasteiger partial charge in [0, 0.05) is 79.6 Å². The number of hydrogen-bond donors (Lipinski definition) is 5. The van der Waals surface area contributed by atoms with Crippen LogP contribution in [0.2, 0.25) is 0 Å². The first-order chi connectivity index (χ1) is 37.4. The Hall–Kier alpha value is -8.14. The summed E-state index contributed by atoms with van der Waals surface area (Å²) in [6.07, 6.45) is 3.01. The highest BCUT2D eigenvalue weighted by molar-refractivity contribution is 6.02. The fraction of sp³-hybridized carbons (Fsp3) is 0.377. The van der Waals surface area contributed by atoms with E-state index in [4.69, 9.17) is 4.74 Å². The van der Waals surface area contributed by atoms with E-state index < -0.39 is 48.0 Å². The molecular weight excluding hydrogens is 975 g/mol. The monoisotopic (exact) mass is 1040 g/mol. The van der Waals surface area contributed by atoms with Crippen LogP contribution in [0, 0.1) is 23.7 Å². The van der Waals surface area contributed by atoms with Crippen molar-refractivity contribution in [2.24, 2.45) is 23.7 Å². The van der Waals surface area contributed by atoms with Crippen molar-refractivity contribution in [1.82, 2.24) is 36.4 Å². The average Bonchev–Trinajstić information content (AvgIpc) is 4.42. The quantitative estimate of drug-likeness (QED) is 0.0766. The molecule has 5 aromatic rings. The Labute approximate surface area is 447 Å². The molecule has 6 aliphatic rings. The summed E-state index contributed by atoms with van der Waals surface area (Å²) in [5.74, 6) is -6.37. The Morgan fingerprint density at radius 3 is 1.13 bits per heavy atom. The molecule has 5 N–H and O–H groups in total. The summed E-state index contributed by atoms with van der Waals surface area (Å²) in [4.78, 5) is 114. The van der Waals surface area contributed by atoms with Crippen LogP contribution in [-0.2, 0) is 28.8 Å². The molecule has 12 atom stereocenters. The van der Waals surface area contributed by atoms with Crippen molar-refractivity contribution < 1.29 is 43.1 Å². The minimum absolute atomic E-state index is 0.0236. The molecule has 16 heteroatoms. The number of Topliss-reactive ketones (excluding diaryl/α,β-unsaturated/α-hetero) is 1. The van der Waals surface area contributed by atoms with E-state index in [2.05, 4.69) is 26.6 Å². The molecule has 16 nitrogen and oxygen atoms in total. The molecule has 0 unspecified atom stereocenters. The Kier molecular flexibility index (Phi) is 14.5. The Balaban J connectivity index is 0.825. The fourth-order valence-corrected chi connectivity index (χ4v) is 11.6. The first-order valence-electron chi connectivity index (χ1n) is 26.9. The van der Waals surface area contributed by atoms with Crippen LogP contribution in [0.25, 0.3) is 0 Å². The van der Waals surface area contributed by atoms with Gasteiger partial charge >= 0.3 is 0 Å². The lowest BCUT2D eigenvalue weighted by atomic mass is 9.94. The predicted molar refractivity (Wildman–Crippen MR) is 284 cm³/mol. The van der Waals surface area contributed by atoms with Gasteiger partial charge in [-0.25, -0.2) is 0 Å². The summed E-state index contributed by atoms with van der Waals surface area (Å²) < 4.78 is 6.03. The van der Waals surface area contributed by atoms with Gasteiger partial charge in [-0.15, -0.1) is 0 Å². The summed E-state index contributed by atoms with van der Waals surface area (Å²) in [6, 6.07) is 43.4. The molecule has 2 saturated heterocycles. The van der Waals surface area contributed by atoms with E-state index in [0.717, 1.165) is 47.9 Å².